The zero-order chi connectivity index (χ0) is 23.1. The Balaban J connectivity index is 1.75. The fourth-order valence-corrected chi connectivity index (χ4v) is 4.63. The average Bonchev–Trinajstić information content (AvgIpc) is 3.24. The lowest BCUT2D eigenvalue weighted by molar-refractivity contribution is -0.132. The van der Waals surface area contributed by atoms with Crippen LogP contribution >= 0.6 is 0 Å². The quantitative estimate of drug-likeness (QED) is 0.720. The van der Waals surface area contributed by atoms with E-state index >= 15 is 0 Å². The van der Waals surface area contributed by atoms with Gasteiger partial charge in [0.25, 0.3) is 0 Å². The van der Waals surface area contributed by atoms with Crippen LogP contribution < -0.4 is 0 Å². The molecule has 0 radical (unpaired) electrons. The minimum atomic E-state index is -0.894. The van der Waals surface area contributed by atoms with E-state index < -0.39 is 11.4 Å². The van der Waals surface area contributed by atoms with Crippen LogP contribution in [-0.4, -0.2) is 26.6 Å². The van der Waals surface area contributed by atoms with E-state index in [1.54, 1.807) is 18.3 Å². The smallest absolute Gasteiger partial charge is 0.335 e. The summed E-state index contributed by atoms with van der Waals surface area (Å²) in [5.74, 6) is -0.488. The molecule has 0 bridgehead atoms. The summed E-state index contributed by atoms with van der Waals surface area (Å²) in [6, 6.07) is 6.34. The highest BCUT2D eigenvalue weighted by atomic mass is 16.4. The normalized spacial score (nSPS) is 21.4. The van der Waals surface area contributed by atoms with Crippen molar-refractivity contribution < 1.29 is 14.7 Å². The molecule has 32 heavy (non-hydrogen) atoms. The second-order valence-electron chi connectivity index (χ2n) is 9.99. The molecule has 1 atom stereocenters. The van der Waals surface area contributed by atoms with Crippen molar-refractivity contribution in [1.82, 2.24) is 9.78 Å². The van der Waals surface area contributed by atoms with Crippen molar-refractivity contribution in [2.24, 2.45) is 5.92 Å². The third-order valence-corrected chi connectivity index (χ3v) is 6.78. The first-order chi connectivity index (χ1) is 15.1. The van der Waals surface area contributed by atoms with Gasteiger partial charge in [-0.05, 0) is 59.9 Å². The third kappa shape index (κ3) is 4.12. The minimum absolute atomic E-state index is 0.137. The highest BCUT2D eigenvalue weighted by Crippen LogP contribution is 2.45. The van der Waals surface area contributed by atoms with Crippen LogP contribution in [-0.2, 0) is 27.0 Å². The van der Waals surface area contributed by atoms with E-state index in [0.717, 1.165) is 16.7 Å². The summed E-state index contributed by atoms with van der Waals surface area (Å²) in [5.41, 5.74) is 4.14. The van der Waals surface area contributed by atoms with Crippen molar-refractivity contribution >= 4 is 17.8 Å². The molecule has 0 aliphatic heterocycles. The molecular weight excluding hydrogens is 400 g/mol. The van der Waals surface area contributed by atoms with E-state index in [0.29, 0.717) is 25.0 Å². The van der Waals surface area contributed by atoms with Gasteiger partial charge in [-0.25, -0.2) is 4.79 Å². The number of rotatable bonds is 5. The summed E-state index contributed by atoms with van der Waals surface area (Å²) >= 11 is 0. The van der Waals surface area contributed by atoms with E-state index in [4.69, 9.17) is 5.11 Å². The number of hydrogen-bond acceptors (Lipinski definition) is 3. The Morgan fingerprint density at radius 2 is 2.03 bits per heavy atom. The summed E-state index contributed by atoms with van der Waals surface area (Å²) in [4.78, 5) is 24.1. The summed E-state index contributed by atoms with van der Waals surface area (Å²) in [5, 5.41) is 13.5. The number of carboxylic acids is 1. The first kappa shape index (κ1) is 22.0. The molecule has 166 valence electrons. The SMILES string of the molecule is CC1(C)CC(=O)C(C)(C)c2cc(/C=C/C3C=CC(C(=O)O)=CC3)c(Cn3cccn3)cc21. The minimum Gasteiger partial charge on any atom is -0.478 e. The van der Waals surface area contributed by atoms with Crippen molar-refractivity contribution in [2.45, 2.75) is 57.9 Å². The largest absolute Gasteiger partial charge is 0.478 e. The number of nitrogens with zero attached hydrogens (tertiary/aromatic N) is 2. The number of carbonyl (C=O) groups excluding carboxylic acids is 1. The number of aromatic nitrogens is 2. The number of carbonyl (C=O) groups is 2. The van der Waals surface area contributed by atoms with Crippen LogP contribution in [0.15, 0.2) is 60.5 Å². The molecule has 1 N–H and O–H groups in total. The molecule has 1 heterocycles. The van der Waals surface area contributed by atoms with Crippen molar-refractivity contribution in [2.75, 3.05) is 0 Å². The molecule has 1 unspecified atom stereocenters. The number of allylic oxidation sites excluding steroid dienone is 3. The molecule has 2 aromatic rings. The molecule has 0 saturated carbocycles. The maximum atomic E-state index is 12.9. The van der Waals surface area contributed by atoms with Crippen molar-refractivity contribution in [3.63, 3.8) is 0 Å². The summed E-state index contributed by atoms with van der Waals surface area (Å²) < 4.78 is 1.91. The highest BCUT2D eigenvalue weighted by Gasteiger charge is 2.43. The Hall–Kier alpha value is -3.21. The van der Waals surface area contributed by atoms with E-state index in [1.807, 2.05) is 36.9 Å². The average molecular weight is 431 g/mol. The van der Waals surface area contributed by atoms with Gasteiger partial charge in [0.05, 0.1) is 12.1 Å². The number of ketones is 1. The fourth-order valence-electron chi connectivity index (χ4n) is 4.63. The zero-order valence-electron chi connectivity index (χ0n) is 19.1. The van der Waals surface area contributed by atoms with Crippen LogP contribution in [0.25, 0.3) is 6.08 Å². The second-order valence-corrected chi connectivity index (χ2v) is 9.99. The molecule has 0 saturated heterocycles. The highest BCUT2D eigenvalue weighted by molar-refractivity contribution is 5.93. The molecule has 0 spiro atoms. The van der Waals surface area contributed by atoms with Gasteiger partial charge in [0.2, 0.25) is 0 Å². The van der Waals surface area contributed by atoms with Crippen LogP contribution in [0.2, 0.25) is 0 Å². The maximum absolute atomic E-state index is 12.9. The topological polar surface area (TPSA) is 72.2 Å². The molecule has 1 aromatic heterocycles. The van der Waals surface area contributed by atoms with Crippen molar-refractivity contribution in [1.29, 1.82) is 0 Å². The van der Waals surface area contributed by atoms with Crippen molar-refractivity contribution in [3.05, 3.63) is 82.7 Å². The molecule has 2 aliphatic rings. The van der Waals surface area contributed by atoms with Gasteiger partial charge in [0.1, 0.15) is 5.78 Å². The number of aliphatic carboxylic acids is 1. The lowest BCUT2D eigenvalue weighted by Gasteiger charge is -2.41. The van der Waals surface area contributed by atoms with E-state index in [2.05, 4.69) is 43.2 Å². The Bertz CT molecular complexity index is 1150. The number of hydrogen-bond donors (Lipinski definition) is 1. The van der Waals surface area contributed by atoms with E-state index in [1.165, 1.54) is 5.56 Å². The first-order valence-corrected chi connectivity index (χ1v) is 11.1. The van der Waals surface area contributed by atoms with Crippen LogP contribution in [0.3, 0.4) is 0 Å². The predicted octanol–water partition coefficient (Wildman–Crippen LogP) is 5.06. The number of Topliss-reactive ketones (excluding diaryl/α,β-unsaturated/α-hetero) is 1. The first-order valence-electron chi connectivity index (χ1n) is 11.1. The van der Waals surface area contributed by atoms with Gasteiger partial charge in [-0.1, -0.05) is 56.4 Å². The molecular formula is C27H30N2O3. The van der Waals surface area contributed by atoms with Crippen LogP contribution in [0, 0.1) is 5.92 Å². The van der Waals surface area contributed by atoms with Crippen LogP contribution in [0.1, 0.15) is 62.8 Å². The van der Waals surface area contributed by atoms with Crippen LogP contribution in [0.5, 0.6) is 0 Å². The maximum Gasteiger partial charge on any atom is 0.335 e. The zero-order valence-corrected chi connectivity index (χ0v) is 19.1. The fraction of sp³-hybridized carbons (Fsp3) is 0.370. The lowest BCUT2D eigenvalue weighted by atomic mass is 9.62. The molecule has 1 aromatic carbocycles. The second kappa shape index (κ2) is 8.05. The van der Waals surface area contributed by atoms with Gasteiger partial charge in [0.15, 0.2) is 0 Å². The molecule has 0 amide bonds. The summed E-state index contributed by atoms with van der Waals surface area (Å²) in [6.07, 6.45) is 14.5. The van der Waals surface area contributed by atoms with Gasteiger partial charge in [0, 0.05) is 24.2 Å². The molecule has 2 aliphatic carbocycles. The number of fused-ring (bicyclic) bond motifs is 1. The third-order valence-electron chi connectivity index (χ3n) is 6.78. The van der Waals surface area contributed by atoms with E-state index in [-0.39, 0.29) is 17.1 Å². The Labute approximate surface area is 189 Å². The Morgan fingerprint density at radius 3 is 2.66 bits per heavy atom. The Kier molecular flexibility index (Phi) is 5.53. The van der Waals surface area contributed by atoms with Crippen molar-refractivity contribution in [3.8, 4) is 0 Å². The van der Waals surface area contributed by atoms with Gasteiger partial charge < -0.3 is 5.11 Å². The number of benzene rings is 1. The number of carboxylic acid groups (broad SMARTS) is 1. The molecule has 0 fully saturated rings. The van der Waals surface area contributed by atoms with Gasteiger partial charge in [-0.2, -0.15) is 5.10 Å². The van der Waals surface area contributed by atoms with Gasteiger partial charge in [-0.15, -0.1) is 0 Å². The predicted molar refractivity (Wildman–Crippen MR) is 125 cm³/mol. The van der Waals surface area contributed by atoms with Crippen LogP contribution in [0.4, 0.5) is 0 Å². The molecule has 5 heteroatoms. The molecule has 5 nitrogen and oxygen atoms in total. The van der Waals surface area contributed by atoms with Gasteiger partial charge in [-0.3, -0.25) is 9.48 Å². The lowest BCUT2D eigenvalue weighted by Crippen LogP contribution is -2.42. The Morgan fingerprint density at radius 1 is 1.25 bits per heavy atom. The standard InChI is InChI=1S/C27H30N2O3/c1-26(2)16-24(30)27(3,4)23-14-20(11-8-18-6-9-19(10-7-18)25(31)32)21(15-22(23)26)17-29-13-5-12-28-29/h5-6,8-15,18H,7,16-17H2,1-4H3,(H,31,32)/b11-8+. The summed E-state index contributed by atoms with van der Waals surface area (Å²) in [6.45, 7) is 8.98. The monoisotopic (exact) mass is 430 g/mol. The van der Waals surface area contributed by atoms with Gasteiger partial charge >= 0.3 is 5.97 Å². The summed E-state index contributed by atoms with van der Waals surface area (Å²) in [7, 11) is 0. The van der Waals surface area contributed by atoms with E-state index in [9.17, 15) is 9.59 Å². The molecule has 4 rings (SSSR count).